The lowest BCUT2D eigenvalue weighted by molar-refractivity contribution is 0.0799. The maximum atomic E-state index is 12.0. The Morgan fingerprint density at radius 1 is 1.58 bits per heavy atom. The Labute approximate surface area is 113 Å². The number of rotatable bonds is 9. The molecule has 1 atom stereocenters. The lowest BCUT2D eigenvalue weighted by atomic mass is 10.4. The van der Waals surface area contributed by atoms with Gasteiger partial charge >= 0.3 is 0 Å². The molecule has 1 aromatic rings. The number of aryl methyl sites for hydroxylation is 1. The van der Waals surface area contributed by atoms with Gasteiger partial charge in [-0.1, -0.05) is 0 Å². The van der Waals surface area contributed by atoms with Crippen LogP contribution in [0, 0.1) is 0 Å². The molecule has 0 aliphatic carbocycles. The second-order valence-corrected chi connectivity index (χ2v) is 5.90. The van der Waals surface area contributed by atoms with Crippen molar-refractivity contribution in [3.05, 3.63) is 12.4 Å². The van der Waals surface area contributed by atoms with Gasteiger partial charge in [0.15, 0.2) is 0 Å². The molecule has 2 N–H and O–H groups in total. The van der Waals surface area contributed by atoms with Crippen LogP contribution in [-0.2, 0) is 21.3 Å². The molecule has 1 unspecified atom stereocenters. The predicted octanol–water partition coefficient (Wildman–Crippen LogP) is -0.0312. The second kappa shape index (κ2) is 7.59. The van der Waals surface area contributed by atoms with Gasteiger partial charge in [-0.15, -0.1) is 0 Å². The monoisotopic (exact) mass is 291 g/mol. The summed E-state index contributed by atoms with van der Waals surface area (Å²) in [5.41, 5.74) is 0. The lowest BCUT2D eigenvalue weighted by Gasteiger charge is -2.12. The zero-order chi connectivity index (χ0) is 14.3. The van der Waals surface area contributed by atoms with Crippen molar-refractivity contribution in [2.45, 2.75) is 37.8 Å². The molecule has 0 saturated carbocycles. The summed E-state index contributed by atoms with van der Waals surface area (Å²) in [6.45, 7) is 4.96. The highest BCUT2D eigenvalue weighted by molar-refractivity contribution is 7.89. The predicted molar refractivity (Wildman–Crippen MR) is 70.2 cm³/mol. The molecule has 0 amide bonds. The van der Waals surface area contributed by atoms with E-state index >= 15 is 0 Å². The number of aliphatic hydroxyl groups excluding tert-OH is 1. The normalized spacial score (nSPS) is 13.6. The van der Waals surface area contributed by atoms with Gasteiger partial charge in [0.2, 0.25) is 10.0 Å². The Kier molecular flexibility index (Phi) is 6.43. The van der Waals surface area contributed by atoms with Crippen LogP contribution in [0.2, 0.25) is 0 Å². The Morgan fingerprint density at radius 3 is 2.95 bits per heavy atom. The van der Waals surface area contributed by atoms with Crippen LogP contribution in [0.5, 0.6) is 0 Å². The summed E-state index contributed by atoms with van der Waals surface area (Å²) in [7, 11) is -3.55. The first kappa shape index (κ1) is 16.1. The fourth-order valence-electron chi connectivity index (χ4n) is 1.49. The maximum Gasteiger partial charge on any atom is 0.243 e. The van der Waals surface area contributed by atoms with Crippen LogP contribution in [0.3, 0.4) is 0 Å². The summed E-state index contributed by atoms with van der Waals surface area (Å²) in [5, 5.41) is 12.6. The quantitative estimate of drug-likeness (QED) is 0.666. The number of hydrogen-bond acceptors (Lipinski definition) is 5. The molecule has 7 nitrogen and oxygen atoms in total. The molecule has 8 heteroatoms. The zero-order valence-electron chi connectivity index (χ0n) is 11.2. The zero-order valence-corrected chi connectivity index (χ0v) is 12.1. The highest BCUT2D eigenvalue weighted by Crippen LogP contribution is 2.07. The van der Waals surface area contributed by atoms with Gasteiger partial charge in [0.1, 0.15) is 4.90 Å². The Bertz CT molecular complexity index is 472. The minimum atomic E-state index is -3.55. The summed E-state index contributed by atoms with van der Waals surface area (Å²) in [4.78, 5) is 0.120. The minimum Gasteiger partial charge on any atom is -0.396 e. The average Bonchev–Trinajstić information content (AvgIpc) is 2.84. The number of aliphatic hydroxyl groups is 1. The van der Waals surface area contributed by atoms with Crippen LogP contribution in [0.1, 0.15) is 20.3 Å². The molecule has 0 saturated heterocycles. The molecular weight excluding hydrogens is 270 g/mol. The number of nitrogens with one attached hydrogen (secondary N) is 1. The third-order valence-electron chi connectivity index (χ3n) is 2.48. The summed E-state index contributed by atoms with van der Waals surface area (Å²) in [6.07, 6.45) is 3.11. The van der Waals surface area contributed by atoms with Crippen molar-refractivity contribution in [3.63, 3.8) is 0 Å². The fourth-order valence-corrected chi connectivity index (χ4v) is 2.56. The first-order valence-corrected chi connectivity index (χ1v) is 7.72. The lowest BCUT2D eigenvalue weighted by Crippen LogP contribution is -2.32. The van der Waals surface area contributed by atoms with Crippen LogP contribution in [0.4, 0.5) is 0 Å². The Morgan fingerprint density at radius 2 is 2.32 bits per heavy atom. The molecule has 19 heavy (non-hydrogen) atoms. The van der Waals surface area contributed by atoms with Crippen molar-refractivity contribution in [1.29, 1.82) is 0 Å². The summed E-state index contributed by atoms with van der Waals surface area (Å²) in [6, 6.07) is 0. The molecule has 110 valence electrons. The molecule has 1 rings (SSSR count). The van der Waals surface area contributed by atoms with Crippen molar-refractivity contribution >= 4 is 10.0 Å². The van der Waals surface area contributed by atoms with Crippen molar-refractivity contribution in [2.75, 3.05) is 19.8 Å². The molecule has 0 radical (unpaired) electrons. The number of hydrogen-bond donors (Lipinski definition) is 2. The van der Waals surface area contributed by atoms with Gasteiger partial charge in [-0.05, 0) is 20.3 Å². The number of sulfonamides is 1. The van der Waals surface area contributed by atoms with E-state index in [1.807, 2.05) is 6.92 Å². The van der Waals surface area contributed by atoms with E-state index in [9.17, 15) is 8.42 Å². The van der Waals surface area contributed by atoms with Crippen LogP contribution in [0.25, 0.3) is 0 Å². The third-order valence-corrected chi connectivity index (χ3v) is 3.86. The van der Waals surface area contributed by atoms with Gasteiger partial charge in [0, 0.05) is 32.5 Å². The first-order valence-electron chi connectivity index (χ1n) is 6.24. The molecule has 0 aliphatic rings. The van der Waals surface area contributed by atoms with Gasteiger partial charge in [-0.3, -0.25) is 4.68 Å². The molecule has 0 aromatic carbocycles. The van der Waals surface area contributed by atoms with Crippen molar-refractivity contribution in [1.82, 2.24) is 14.5 Å². The molecule has 1 aromatic heterocycles. The van der Waals surface area contributed by atoms with Crippen molar-refractivity contribution in [3.8, 4) is 0 Å². The standard InChI is InChI=1S/C11H21N3O4S/c1-3-18-10(2)7-13-19(16,17)11-8-12-14(9-11)5-4-6-15/h8-10,13,15H,3-7H2,1-2H3. The minimum absolute atomic E-state index is 0.0477. The van der Waals surface area contributed by atoms with E-state index in [2.05, 4.69) is 9.82 Å². The molecule has 1 heterocycles. The second-order valence-electron chi connectivity index (χ2n) is 4.13. The molecular formula is C11H21N3O4S. The SMILES string of the molecule is CCOC(C)CNS(=O)(=O)c1cnn(CCCO)c1. The first-order chi connectivity index (χ1) is 8.99. The number of ether oxygens (including phenoxy) is 1. The largest absolute Gasteiger partial charge is 0.396 e. The van der Waals surface area contributed by atoms with Crippen molar-refractivity contribution < 1.29 is 18.3 Å². The van der Waals surface area contributed by atoms with Crippen molar-refractivity contribution in [2.24, 2.45) is 0 Å². The van der Waals surface area contributed by atoms with E-state index in [0.717, 1.165) is 0 Å². The molecule has 0 spiro atoms. The van der Waals surface area contributed by atoms with E-state index < -0.39 is 10.0 Å². The van der Waals surface area contributed by atoms with Gasteiger partial charge in [0.25, 0.3) is 0 Å². The van der Waals surface area contributed by atoms with Crippen LogP contribution < -0.4 is 4.72 Å². The van der Waals surface area contributed by atoms with E-state index in [1.54, 1.807) is 6.92 Å². The number of aromatic nitrogens is 2. The molecule has 0 bridgehead atoms. The van der Waals surface area contributed by atoms with Gasteiger partial charge in [-0.25, -0.2) is 13.1 Å². The van der Waals surface area contributed by atoms with E-state index in [-0.39, 0.29) is 24.2 Å². The van der Waals surface area contributed by atoms with E-state index in [0.29, 0.717) is 19.6 Å². The highest BCUT2D eigenvalue weighted by atomic mass is 32.2. The average molecular weight is 291 g/mol. The Hall–Kier alpha value is -0.960. The van der Waals surface area contributed by atoms with Gasteiger partial charge in [0.05, 0.1) is 12.3 Å². The van der Waals surface area contributed by atoms with E-state index in [4.69, 9.17) is 9.84 Å². The van der Waals surface area contributed by atoms with Crippen LogP contribution >= 0.6 is 0 Å². The smallest absolute Gasteiger partial charge is 0.243 e. The fraction of sp³-hybridized carbons (Fsp3) is 0.727. The summed E-state index contributed by atoms with van der Waals surface area (Å²) < 4.78 is 33.1. The molecule has 0 aliphatic heterocycles. The topological polar surface area (TPSA) is 93.5 Å². The van der Waals surface area contributed by atoms with Crippen LogP contribution in [0.15, 0.2) is 17.3 Å². The van der Waals surface area contributed by atoms with E-state index in [1.165, 1.54) is 17.1 Å². The third kappa shape index (κ3) is 5.27. The Balaban J connectivity index is 2.59. The summed E-state index contributed by atoms with van der Waals surface area (Å²) in [5.74, 6) is 0. The number of nitrogens with zero attached hydrogens (tertiary/aromatic N) is 2. The van der Waals surface area contributed by atoms with Crippen LogP contribution in [-0.4, -0.2) is 49.2 Å². The highest BCUT2D eigenvalue weighted by Gasteiger charge is 2.17. The molecule has 0 fully saturated rings. The van der Waals surface area contributed by atoms with Gasteiger partial charge in [-0.2, -0.15) is 5.10 Å². The van der Waals surface area contributed by atoms with Gasteiger partial charge < -0.3 is 9.84 Å². The summed E-state index contributed by atoms with van der Waals surface area (Å²) >= 11 is 0. The maximum absolute atomic E-state index is 12.0.